The van der Waals surface area contributed by atoms with Gasteiger partial charge in [0.05, 0.1) is 0 Å². The Hall–Kier alpha value is -3.29. The first-order valence-corrected chi connectivity index (χ1v) is 6.39. The molecule has 0 spiro atoms. The van der Waals surface area contributed by atoms with Gasteiger partial charge in [-0.1, -0.05) is 0 Å². The second kappa shape index (κ2) is 6.00. The number of hydrogen-bond donors (Lipinski definition) is 2. The second-order valence-electron chi connectivity index (χ2n) is 4.43. The zero-order valence-electron chi connectivity index (χ0n) is 11.3. The zero-order valence-corrected chi connectivity index (χ0v) is 11.3. The highest BCUT2D eigenvalue weighted by Gasteiger charge is 2.13. The molecule has 0 unspecified atom stereocenters. The molecule has 0 bridgehead atoms. The molecule has 0 aliphatic rings. The molecule has 8 nitrogen and oxygen atoms in total. The fourth-order valence-corrected chi connectivity index (χ4v) is 1.84. The lowest BCUT2D eigenvalue weighted by molar-refractivity contribution is 0.101. The summed E-state index contributed by atoms with van der Waals surface area (Å²) in [7, 11) is 0. The summed E-state index contributed by atoms with van der Waals surface area (Å²) in [4.78, 5) is 15.9. The summed E-state index contributed by atoms with van der Waals surface area (Å²) in [5.41, 5.74) is 1.02. The van der Waals surface area contributed by atoms with Crippen molar-refractivity contribution in [2.75, 3.05) is 0 Å². The van der Waals surface area contributed by atoms with Gasteiger partial charge in [0.15, 0.2) is 11.5 Å². The summed E-state index contributed by atoms with van der Waals surface area (Å²) >= 11 is 0. The van der Waals surface area contributed by atoms with Crippen molar-refractivity contribution < 1.29 is 14.3 Å². The summed E-state index contributed by atoms with van der Waals surface area (Å²) < 4.78 is 5.48. The van der Waals surface area contributed by atoms with Crippen LogP contribution in [0.4, 0.5) is 0 Å². The minimum Gasteiger partial charge on any atom is -0.504 e. The minimum atomic E-state index is -0.483. The first-order chi connectivity index (χ1) is 10.7. The van der Waals surface area contributed by atoms with Crippen LogP contribution in [0.5, 0.6) is 0 Å². The molecule has 0 saturated carbocycles. The maximum absolute atomic E-state index is 12.0. The number of carbonyl (C=O) groups is 1. The average molecular weight is 297 g/mol. The van der Waals surface area contributed by atoms with E-state index in [0.717, 1.165) is 11.6 Å². The maximum atomic E-state index is 12.0. The van der Waals surface area contributed by atoms with Gasteiger partial charge in [-0.25, -0.2) is 0 Å². The van der Waals surface area contributed by atoms with E-state index in [1.54, 1.807) is 24.5 Å². The lowest BCUT2D eigenvalue weighted by Crippen LogP contribution is -1.96. The Balaban J connectivity index is 1.73. The third-order valence-electron chi connectivity index (χ3n) is 2.87. The fraction of sp³-hybridized carbons (Fsp3) is 0.0714. The van der Waals surface area contributed by atoms with Crippen LogP contribution in [-0.4, -0.2) is 36.5 Å². The summed E-state index contributed by atoms with van der Waals surface area (Å²) in [6, 6.07) is 7.00. The van der Waals surface area contributed by atoms with Crippen molar-refractivity contribution in [3.05, 3.63) is 65.6 Å². The molecule has 110 valence electrons. The van der Waals surface area contributed by atoms with Gasteiger partial charge in [-0.2, -0.15) is 5.21 Å². The standard InChI is InChI=1S/C14H11N5O3/c20-11(8-12(21)14-16-18-19-17-14)13-2-1-10(22-13)7-9-3-5-15-6-4-9/h1-6,8,21H,7H2,(H,16,17,18,19). The Kier molecular flexibility index (Phi) is 3.73. The van der Waals surface area contributed by atoms with Crippen molar-refractivity contribution in [3.63, 3.8) is 0 Å². The third kappa shape index (κ3) is 3.06. The molecule has 3 heterocycles. The summed E-state index contributed by atoms with van der Waals surface area (Å²) in [6.07, 6.45) is 4.92. The van der Waals surface area contributed by atoms with Crippen molar-refractivity contribution in [2.45, 2.75) is 6.42 Å². The van der Waals surface area contributed by atoms with Gasteiger partial charge in [-0.05, 0) is 35.0 Å². The molecule has 2 N–H and O–H groups in total. The number of aromatic amines is 1. The monoisotopic (exact) mass is 297 g/mol. The molecule has 0 aliphatic heterocycles. The molecule has 0 fully saturated rings. The highest BCUT2D eigenvalue weighted by Crippen LogP contribution is 2.15. The molecule has 0 amide bonds. The molecule has 0 aromatic carbocycles. The van der Waals surface area contributed by atoms with Gasteiger partial charge in [0, 0.05) is 24.9 Å². The second-order valence-corrected chi connectivity index (χ2v) is 4.43. The lowest BCUT2D eigenvalue weighted by atomic mass is 10.2. The Labute approximate surface area is 124 Å². The number of nitrogens with one attached hydrogen (secondary N) is 1. The zero-order chi connectivity index (χ0) is 15.4. The normalized spacial score (nSPS) is 11.5. The van der Waals surface area contributed by atoms with Crippen LogP contribution in [0.15, 0.2) is 47.2 Å². The number of aliphatic hydroxyl groups excluding tert-OH is 1. The van der Waals surface area contributed by atoms with E-state index in [4.69, 9.17) is 4.42 Å². The Morgan fingerprint density at radius 2 is 2.09 bits per heavy atom. The number of tetrazole rings is 1. The van der Waals surface area contributed by atoms with Gasteiger partial charge >= 0.3 is 0 Å². The highest BCUT2D eigenvalue weighted by atomic mass is 16.3. The van der Waals surface area contributed by atoms with E-state index < -0.39 is 5.78 Å². The number of carbonyl (C=O) groups excluding carboxylic acids is 1. The number of hydrogen-bond acceptors (Lipinski definition) is 7. The van der Waals surface area contributed by atoms with Crippen molar-refractivity contribution in [3.8, 4) is 0 Å². The van der Waals surface area contributed by atoms with Crippen LogP contribution in [0.3, 0.4) is 0 Å². The van der Waals surface area contributed by atoms with Crippen LogP contribution in [0.1, 0.15) is 27.7 Å². The lowest BCUT2D eigenvalue weighted by Gasteiger charge is -1.97. The van der Waals surface area contributed by atoms with E-state index in [1.807, 2.05) is 12.1 Å². The fourth-order valence-electron chi connectivity index (χ4n) is 1.84. The smallest absolute Gasteiger partial charge is 0.239 e. The van der Waals surface area contributed by atoms with Crippen molar-refractivity contribution in [1.29, 1.82) is 0 Å². The van der Waals surface area contributed by atoms with Gasteiger partial charge in [0.25, 0.3) is 0 Å². The topological polar surface area (TPSA) is 118 Å². The van der Waals surface area contributed by atoms with Gasteiger partial charge in [0.1, 0.15) is 5.76 Å². The third-order valence-corrected chi connectivity index (χ3v) is 2.87. The number of furan rings is 1. The number of aliphatic hydroxyl groups is 1. The Morgan fingerprint density at radius 1 is 1.27 bits per heavy atom. The predicted molar refractivity (Wildman–Crippen MR) is 74.9 cm³/mol. The van der Waals surface area contributed by atoms with Crippen LogP contribution < -0.4 is 0 Å². The number of nitrogens with zero attached hydrogens (tertiary/aromatic N) is 4. The van der Waals surface area contributed by atoms with E-state index >= 15 is 0 Å². The van der Waals surface area contributed by atoms with Crippen molar-refractivity contribution in [1.82, 2.24) is 25.6 Å². The van der Waals surface area contributed by atoms with E-state index in [1.165, 1.54) is 0 Å². The molecule has 3 aromatic heterocycles. The number of rotatable bonds is 5. The number of ketones is 1. The Morgan fingerprint density at radius 3 is 2.82 bits per heavy atom. The Bertz CT molecular complexity index is 793. The molecule has 0 radical (unpaired) electrons. The van der Waals surface area contributed by atoms with Crippen molar-refractivity contribution in [2.24, 2.45) is 0 Å². The maximum Gasteiger partial charge on any atom is 0.239 e. The summed E-state index contributed by atoms with van der Waals surface area (Å²) in [5.74, 6) is -0.160. The van der Waals surface area contributed by atoms with Crippen LogP contribution in [0.2, 0.25) is 0 Å². The minimum absolute atomic E-state index is 0.0584. The van der Waals surface area contributed by atoms with Crippen LogP contribution in [0, 0.1) is 0 Å². The van der Waals surface area contributed by atoms with Crippen LogP contribution >= 0.6 is 0 Å². The highest BCUT2D eigenvalue weighted by molar-refractivity contribution is 6.05. The van der Waals surface area contributed by atoms with Crippen molar-refractivity contribution >= 4 is 11.5 Å². The SMILES string of the molecule is O=C(C=C(O)c1nn[nH]n1)c1ccc(Cc2ccncc2)o1. The van der Waals surface area contributed by atoms with E-state index in [2.05, 4.69) is 25.6 Å². The molecule has 3 aromatic rings. The first-order valence-electron chi connectivity index (χ1n) is 6.39. The van der Waals surface area contributed by atoms with Gasteiger partial charge in [-0.15, -0.1) is 10.2 Å². The molecular formula is C14H11N5O3. The molecular weight excluding hydrogens is 286 g/mol. The largest absolute Gasteiger partial charge is 0.504 e. The van der Waals surface area contributed by atoms with E-state index in [-0.39, 0.29) is 17.3 Å². The quantitative estimate of drug-likeness (QED) is 0.417. The van der Waals surface area contributed by atoms with Crippen LogP contribution in [-0.2, 0) is 6.42 Å². The molecule has 8 heteroatoms. The van der Waals surface area contributed by atoms with Gasteiger partial charge in [-0.3, -0.25) is 9.78 Å². The number of pyridine rings is 1. The van der Waals surface area contributed by atoms with Gasteiger partial charge in [0.2, 0.25) is 11.6 Å². The van der Waals surface area contributed by atoms with Crippen LogP contribution in [0.25, 0.3) is 5.76 Å². The van der Waals surface area contributed by atoms with E-state index in [9.17, 15) is 9.90 Å². The van der Waals surface area contributed by atoms with E-state index in [0.29, 0.717) is 12.2 Å². The average Bonchev–Trinajstić information content (AvgIpc) is 3.19. The predicted octanol–water partition coefficient (Wildman–Crippen LogP) is 1.56. The number of H-pyrrole nitrogens is 1. The molecule has 0 saturated heterocycles. The summed E-state index contributed by atoms with van der Waals surface area (Å²) in [5, 5.41) is 22.3. The number of aromatic nitrogens is 5. The molecule has 3 rings (SSSR count). The molecule has 22 heavy (non-hydrogen) atoms. The molecule has 0 atom stereocenters. The van der Waals surface area contributed by atoms with Gasteiger partial charge < -0.3 is 9.52 Å². The number of allylic oxidation sites excluding steroid dienone is 1. The summed E-state index contributed by atoms with van der Waals surface area (Å²) in [6.45, 7) is 0. The molecule has 0 aliphatic carbocycles. The first kappa shape index (κ1) is 13.7.